The Labute approximate surface area is 112 Å². The average molecular weight is 291 g/mol. The van der Waals surface area contributed by atoms with Crippen LogP contribution in [0.25, 0.3) is 0 Å². The first-order valence-electron chi connectivity index (χ1n) is 6.00. The first-order chi connectivity index (χ1) is 8.94. The zero-order valence-electron chi connectivity index (χ0n) is 10.6. The lowest BCUT2D eigenvalue weighted by atomic mass is 10.2. The third-order valence-corrected chi connectivity index (χ3v) is 4.65. The number of ether oxygens (including phenoxy) is 2. The van der Waals surface area contributed by atoms with Gasteiger partial charge in [0.05, 0.1) is 18.1 Å². The zero-order valence-corrected chi connectivity index (χ0v) is 11.4. The van der Waals surface area contributed by atoms with Crippen molar-refractivity contribution in [2.24, 2.45) is 0 Å². The van der Waals surface area contributed by atoms with Crippen LogP contribution in [0.4, 0.5) is 0 Å². The molecule has 0 amide bonds. The number of carbonyl (C=O) groups is 2. The van der Waals surface area contributed by atoms with Crippen molar-refractivity contribution in [1.29, 1.82) is 0 Å². The number of hydrogen-bond donors (Lipinski definition) is 2. The van der Waals surface area contributed by atoms with E-state index < -0.39 is 22.3 Å². The Morgan fingerprint density at radius 2 is 2.05 bits per heavy atom. The second-order valence-corrected chi connectivity index (χ2v) is 6.73. The van der Waals surface area contributed by atoms with Gasteiger partial charge in [0.15, 0.2) is 12.2 Å². The van der Waals surface area contributed by atoms with Crippen molar-refractivity contribution in [1.82, 2.24) is 4.90 Å². The van der Waals surface area contributed by atoms with Gasteiger partial charge in [0, 0.05) is 13.1 Å². The lowest BCUT2D eigenvalue weighted by Crippen LogP contribution is -2.38. The highest BCUT2D eigenvalue weighted by Gasteiger charge is 2.36. The molecule has 2 rings (SSSR count). The quantitative estimate of drug-likeness (QED) is 0.575. The summed E-state index contributed by atoms with van der Waals surface area (Å²) in [5.74, 6) is -0.449. The fraction of sp³-hybridized carbons (Fsp3) is 0.636. The monoisotopic (exact) mass is 291 g/mol. The van der Waals surface area contributed by atoms with Gasteiger partial charge in [0.2, 0.25) is 11.7 Å². The topological polar surface area (TPSA) is 96.3 Å². The van der Waals surface area contributed by atoms with Crippen LogP contribution in [0, 0.1) is 0 Å². The fourth-order valence-corrected chi connectivity index (χ4v) is 3.21. The van der Waals surface area contributed by atoms with Crippen molar-refractivity contribution in [2.45, 2.75) is 6.92 Å². The van der Waals surface area contributed by atoms with Crippen molar-refractivity contribution in [3.8, 4) is 0 Å². The molecule has 2 N–H and O–H groups in total. The van der Waals surface area contributed by atoms with E-state index in [1.165, 1.54) is 0 Å². The van der Waals surface area contributed by atoms with Crippen molar-refractivity contribution in [3.63, 3.8) is 0 Å². The first-order valence-corrected chi connectivity index (χ1v) is 7.89. The standard InChI is InChI=1S/C11H17NO6S/c1-2-17-11(14)9-8(13)7-18-10(9)12-3-5-19(15,16)6-4-12/h15-16H,2-7H2,1H3. The number of Topliss-reactive ketones (excluding diaryl/α,β-unsaturated/α-hetero) is 1. The molecule has 2 aliphatic heterocycles. The van der Waals surface area contributed by atoms with Gasteiger partial charge in [-0.2, -0.15) is 10.6 Å². The van der Waals surface area contributed by atoms with E-state index in [0.29, 0.717) is 13.1 Å². The summed E-state index contributed by atoms with van der Waals surface area (Å²) in [6, 6.07) is 0. The molecule has 0 aromatic carbocycles. The van der Waals surface area contributed by atoms with E-state index in [0.717, 1.165) is 0 Å². The van der Waals surface area contributed by atoms with Gasteiger partial charge in [-0.1, -0.05) is 0 Å². The van der Waals surface area contributed by atoms with E-state index in [-0.39, 0.29) is 36.2 Å². The Kier molecular flexibility index (Phi) is 4.02. The maximum atomic E-state index is 11.7. The predicted octanol–water partition coefficient (Wildman–Crippen LogP) is 0.427. The van der Waals surface area contributed by atoms with Crippen LogP contribution in [0.15, 0.2) is 11.5 Å². The highest BCUT2D eigenvalue weighted by atomic mass is 32.3. The maximum Gasteiger partial charge on any atom is 0.347 e. The molecule has 19 heavy (non-hydrogen) atoms. The van der Waals surface area contributed by atoms with E-state index in [1.54, 1.807) is 11.8 Å². The maximum absolute atomic E-state index is 11.7. The number of hydrogen-bond acceptors (Lipinski definition) is 7. The van der Waals surface area contributed by atoms with Gasteiger partial charge in [0.25, 0.3) is 0 Å². The summed E-state index contributed by atoms with van der Waals surface area (Å²) in [6.45, 7) is 2.36. The Balaban J connectivity index is 2.17. The molecule has 0 spiro atoms. The summed E-state index contributed by atoms with van der Waals surface area (Å²) >= 11 is 0. The predicted molar refractivity (Wildman–Crippen MR) is 68.8 cm³/mol. The van der Waals surface area contributed by atoms with Gasteiger partial charge in [-0.15, -0.1) is 0 Å². The van der Waals surface area contributed by atoms with Crippen LogP contribution in [0.3, 0.4) is 0 Å². The minimum atomic E-state index is -2.53. The smallest absolute Gasteiger partial charge is 0.347 e. The molecule has 108 valence electrons. The summed E-state index contributed by atoms with van der Waals surface area (Å²) in [5.41, 5.74) is -0.0692. The highest BCUT2D eigenvalue weighted by Crippen LogP contribution is 2.41. The fourth-order valence-electron chi connectivity index (χ4n) is 1.98. The molecule has 0 aromatic heterocycles. The van der Waals surface area contributed by atoms with Crippen LogP contribution < -0.4 is 0 Å². The number of ketones is 1. The van der Waals surface area contributed by atoms with Crippen LogP contribution in [0.1, 0.15) is 6.92 Å². The van der Waals surface area contributed by atoms with Gasteiger partial charge in [0.1, 0.15) is 0 Å². The largest absolute Gasteiger partial charge is 0.470 e. The molecular formula is C11H17NO6S. The van der Waals surface area contributed by atoms with E-state index in [2.05, 4.69) is 0 Å². The highest BCUT2D eigenvalue weighted by molar-refractivity contribution is 8.24. The Morgan fingerprint density at radius 3 is 2.63 bits per heavy atom. The number of rotatable bonds is 3. The van der Waals surface area contributed by atoms with Crippen LogP contribution in [-0.4, -0.2) is 63.6 Å². The van der Waals surface area contributed by atoms with Gasteiger partial charge in [-0.05, 0) is 6.92 Å². The van der Waals surface area contributed by atoms with Crippen LogP contribution in [-0.2, 0) is 19.1 Å². The van der Waals surface area contributed by atoms with E-state index in [1.807, 2.05) is 0 Å². The Bertz CT molecular complexity index is 423. The molecule has 0 atom stereocenters. The van der Waals surface area contributed by atoms with Crippen LogP contribution in [0.2, 0.25) is 0 Å². The van der Waals surface area contributed by atoms with Crippen LogP contribution >= 0.6 is 10.6 Å². The number of nitrogens with zero attached hydrogens (tertiary/aromatic N) is 1. The minimum absolute atomic E-state index is 0.0692. The molecule has 8 heteroatoms. The van der Waals surface area contributed by atoms with Gasteiger partial charge in [-0.3, -0.25) is 13.9 Å². The molecule has 0 saturated carbocycles. The molecular weight excluding hydrogens is 274 g/mol. The molecule has 0 aromatic rings. The van der Waals surface area contributed by atoms with Gasteiger partial charge < -0.3 is 14.4 Å². The summed E-state index contributed by atoms with van der Waals surface area (Å²) in [6.07, 6.45) is 0. The van der Waals surface area contributed by atoms with E-state index in [9.17, 15) is 18.7 Å². The summed E-state index contributed by atoms with van der Waals surface area (Å²) in [7, 11) is -2.53. The third kappa shape index (κ3) is 3.02. The second-order valence-electron chi connectivity index (χ2n) is 4.31. The lowest BCUT2D eigenvalue weighted by molar-refractivity contribution is -0.139. The molecule has 2 heterocycles. The normalized spacial score (nSPS) is 24.2. The van der Waals surface area contributed by atoms with Gasteiger partial charge >= 0.3 is 5.97 Å². The molecule has 0 bridgehead atoms. The lowest BCUT2D eigenvalue weighted by Gasteiger charge is -2.41. The van der Waals surface area contributed by atoms with E-state index in [4.69, 9.17) is 9.47 Å². The van der Waals surface area contributed by atoms with Gasteiger partial charge in [-0.25, -0.2) is 4.79 Å². The minimum Gasteiger partial charge on any atom is -0.470 e. The first kappa shape index (κ1) is 14.2. The number of carbonyl (C=O) groups excluding carboxylic acids is 2. The summed E-state index contributed by atoms with van der Waals surface area (Å²) in [5, 5.41) is 0. The summed E-state index contributed by atoms with van der Waals surface area (Å²) < 4.78 is 29.2. The number of esters is 1. The summed E-state index contributed by atoms with van der Waals surface area (Å²) in [4.78, 5) is 25.1. The zero-order chi connectivity index (χ0) is 14.0. The second kappa shape index (κ2) is 5.40. The van der Waals surface area contributed by atoms with Crippen molar-refractivity contribution < 1.29 is 28.2 Å². The molecule has 0 aliphatic carbocycles. The SMILES string of the molecule is CCOC(=O)C1=C(N2CCS(O)(O)CC2)OCC1=O. The molecule has 2 aliphatic rings. The molecule has 7 nitrogen and oxygen atoms in total. The van der Waals surface area contributed by atoms with Crippen molar-refractivity contribution in [3.05, 3.63) is 11.5 Å². The molecule has 0 radical (unpaired) electrons. The Hall–Kier alpha value is -1.25. The van der Waals surface area contributed by atoms with Crippen molar-refractivity contribution >= 4 is 22.3 Å². The third-order valence-electron chi connectivity index (χ3n) is 2.98. The van der Waals surface area contributed by atoms with Crippen molar-refractivity contribution in [2.75, 3.05) is 37.8 Å². The Morgan fingerprint density at radius 1 is 1.42 bits per heavy atom. The average Bonchev–Trinajstić information content (AvgIpc) is 2.71. The molecule has 0 unspecified atom stereocenters. The molecule has 1 fully saturated rings. The van der Waals surface area contributed by atoms with Crippen LogP contribution in [0.5, 0.6) is 0 Å². The van der Waals surface area contributed by atoms with E-state index >= 15 is 0 Å². The molecule has 1 saturated heterocycles.